The SMILES string of the molecule is Cn1nc(C2CCCOC2)cc1NC(=O)C1(O)CC1. The first-order chi connectivity index (χ1) is 9.08. The lowest BCUT2D eigenvalue weighted by Gasteiger charge is -2.19. The minimum Gasteiger partial charge on any atom is -0.381 e. The van der Waals surface area contributed by atoms with Crippen LogP contribution in [0.15, 0.2) is 6.07 Å². The second kappa shape index (κ2) is 4.61. The largest absolute Gasteiger partial charge is 0.381 e. The average molecular weight is 265 g/mol. The van der Waals surface area contributed by atoms with Crippen LogP contribution in [-0.4, -0.2) is 39.6 Å². The van der Waals surface area contributed by atoms with E-state index in [1.165, 1.54) is 0 Å². The molecule has 1 aliphatic carbocycles. The predicted molar refractivity (Wildman–Crippen MR) is 68.8 cm³/mol. The van der Waals surface area contributed by atoms with Gasteiger partial charge in [-0.2, -0.15) is 5.10 Å². The molecule has 19 heavy (non-hydrogen) atoms. The van der Waals surface area contributed by atoms with Crippen molar-refractivity contribution in [3.05, 3.63) is 11.8 Å². The summed E-state index contributed by atoms with van der Waals surface area (Å²) in [5, 5.41) is 16.9. The molecule has 0 spiro atoms. The first kappa shape index (κ1) is 12.6. The number of aromatic nitrogens is 2. The summed E-state index contributed by atoms with van der Waals surface area (Å²) in [6.07, 6.45) is 3.19. The van der Waals surface area contributed by atoms with Crippen LogP contribution in [0.2, 0.25) is 0 Å². The van der Waals surface area contributed by atoms with Crippen molar-refractivity contribution in [2.75, 3.05) is 18.5 Å². The Morgan fingerprint density at radius 3 is 3.05 bits per heavy atom. The van der Waals surface area contributed by atoms with Crippen LogP contribution in [0.4, 0.5) is 5.82 Å². The van der Waals surface area contributed by atoms with Gasteiger partial charge < -0.3 is 15.2 Å². The van der Waals surface area contributed by atoms with Crippen molar-refractivity contribution in [1.82, 2.24) is 9.78 Å². The fourth-order valence-electron chi connectivity index (χ4n) is 2.36. The van der Waals surface area contributed by atoms with Crippen molar-refractivity contribution >= 4 is 11.7 Å². The van der Waals surface area contributed by atoms with E-state index in [2.05, 4.69) is 10.4 Å². The quantitative estimate of drug-likeness (QED) is 0.846. The molecule has 1 saturated carbocycles. The molecule has 0 bridgehead atoms. The van der Waals surface area contributed by atoms with Crippen molar-refractivity contribution in [1.29, 1.82) is 0 Å². The summed E-state index contributed by atoms with van der Waals surface area (Å²) in [5.74, 6) is 0.599. The number of amides is 1. The lowest BCUT2D eigenvalue weighted by molar-refractivity contribution is -0.126. The lowest BCUT2D eigenvalue weighted by Crippen LogP contribution is -2.30. The number of hydrogen-bond acceptors (Lipinski definition) is 4. The van der Waals surface area contributed by atoms with E-state index in [0.29, 0.717) is 31.2 Å². The Kier molecular flexibility index (Phi) is 3.06. The number of carbonyl (C=O) groups is 1. The van der Waals surface area contributed by atoms with E-state index in [1.807, 2.05) is 6.07 Å². The van der Waals surface area contributed by atoms with E-state index in [4.69, 9.17) is 4.74 Å². The van der Waals surface area contributed by atoms with E-state index in [-0.39, 0.29) is 5.91 Å². The van der Waals surface area contributed by atoms with Crippen molar-refractivity contribution in [3.8, 4) is 0 Å². The van der Waals surface area contributed by atoms with Crippen LogP contribution in [0.25, 0.3) is 0 Å². The van der Waals surface area contributed by atoms with Crippen LogP contribution in [0, 0.1) is 0 Å². The number of aliphatic hydroxyl groups is 1. The number of carbonyl (C=O) groups excluding carboxylic acids is 1. The maximum Gasteiger partial charge on any atom is 0.257 e. The van der Waals surface area contributed by atoms with Gasteiger partial charge in [-0.3, -0.25) is 9.48 Å². The fourth-order valence-corrected chi connectivity index (χ4v) is 2.36. The third kappa shape index (κ3) is 2.50. The molecule has 2 fully saturated rings. The molecule has 1 aromatic rings. The number of rotatable bonds is 3. The highest BCUT2D eigenvalue weighted by Crippen LogP contribution is 2.36. The van der Waals surface area contributed by atoms with E-state index >= 15 is 0 Å². The van der Waals surface area contributed by atoms with E-state index in [1.54, 1.807) is 11.7 Å². The Balaban J connectivity index is 1.71. The fraction of sp³-hybridized carbons (Fsp3) is 0.692. The average Bonchev–Trinajstić information content (AvgIpc) is 3.07. The third-order valence-electron chi connectivity index (χ3n) is 3.87. The molecular weight excluding hydrogens is 246 g/mol. The Hall–Kier alpha value is -1.40. The smallest absolute Gasteiger partial charge is 0.257 e. The number of nitrogens with one attached hydrogen (secondary N) is 1. The molecule has 2 heterocycles. The second-order valence-electron chi connectivity index (χ2n) is 5.48. The van der Waals surface area contributed by atoms with Crippen LogP contribution in [-0.2, 0) is 16.6 Å². The molecule has 0 aromatic carbocycles. The third-order valence-corrected chi connectivity index (χ3v) is 3.87. The van der Waals surface area contributed by atoms with Crippen LogP contribution in [0.1, 0.15) is 37.3 Å². The highest BCUT2D eigenvalue weighted by atomic mass is 16.5. The lowest BCUT2D eigenvalue weighted by atomic mass is 9.99. The molecule has 6 nitrogen and oxygen atoms in total. The van der Waals surface area contributed by atoms with Crippen LogP contribution in [0.3, 0.4) is 0 Å². The van der Waals surface area contributed by atoms with Gasteiger partial charge in [0.2, 0.25) is 0 Å². The van der Waals surface area contributed by atoms with Gasteiger partial charge in [0.05, 0.1) is 12.3 Å². The van der Waals surface area contributed by atoms with E-state index < -0.39 is 5.60 Å². The van der Waals surface area contributed by atoms with Crippen molar-refractivity contribution in [3.63, 3.8) is 0 Å². The van der Waals surface area contributed by atoms with Gasteiger partial charge in [-0.05, 0) is 25.7 Å². The minimum atomic E-state index is -1.15. The Morgan fingerprint density at radius 1 is 1.63 bits per heavy atom. The van der Waals surface area contributed by atoms with Gasteiger partial charge in [0.25, 0.3) is 5.91 Å². The maximum absolute atomic E-state index is 11.8. The van der Waals surface area contributed by atoms with E-state index in [9.17, 15) is 9.90 Å². The molecule has 1 amide bonds. The van der Waals surface area contributed by atoms with E-state index in [0.717, 1.165) is 25.1 Å². The number of nitrogens with zero attached hydrogens (tertiary/aromatic N) is 2. The van der Waals surface area contributed by atoms with Gasteiger partial charge in [-0.1, -0.05) is 0 Å². The van der Waals surface area contributed by atoms with Gasteiger partial charge in [0.1, 0.15) is 11.4 Å². The monoisotopic (exact) mass is 265 g/mol. The standard InChI is InChI=1S/C13H19N3O3/c1-16-11(14-12(17)13(18)4-5-13)7-10(15-16)9-3-2-6-19-8-9/h7,9,18H,2-6,8H2,1H3,(H,14,17). The molecule has 0 radical (unpaired) electrons. The van der Waals surface area contributed by atoms with Crippen molar-refractivity contribution in [2.45, 2.75) is 37.2 Å². The molecule has 1 aliphatic heterocycles. The zero-order valence-corrected chi connectivity index (χ0v) is 11.1. The zero-order chi connectivity index (χ0) is 13.5. The summed E-state index contributed by atoms with van der Waals surface area (Å²) in [7, 11) is 1.79. The summed E-state index contributed by atoms with van der Waals surface area (Å²) in [4.78, 5) is 11.8. The molecule has 1 unspecified atom stereocenters. The maximum atomic E-state index is 11.8. The molecule has 3 rings (SSSR count). The first-order valence-corrected chi connectivity index (χ1v) is 6.74. The van der Waals surface area contributed by atoms with Gasteiger partial charge in [-0.15, -0.1) is 0 Å². The van der Waals surface area contributed by atoms with Crippen molar-refractivity contribution in [2.24, 2.45) is 7.05 Å². The molecule has 1 saturated heterocycles. The topological polar surface area (TPSA) is 76.4 Å². The molecular formula is C13H19N3O3. The van der Waals surface area contributed by atoms with Crippen LogP contribution < -0.4 is 5.32 Å². The Morgan fingerprint density at radius 2 is 2.42 bits per heavy atom. The van der Waals surface area contributed by atoms with Gasteiger partial charge in [0.15, 0.2) is 0 Å². The first-order valence-electron chi connectivity index (χ1n) is 6.74. The van der Waals surface area contributed by atoms with Gasteiger partial charge in [-0.25, -0.2) is 0 Å². The normalized spacial score (nSPS) is 25.1. The number of ether oxygens (including phenoxy) is 1. The molecule has 1 aromatic heterocycles. The highest BCUT2D eigenvalue weighted by Gasteiger charge is 2.48. The predicted octanol–water partition coefficient (Wildman–Crippen LogP) is 0.777. The molecule has 2 N–H and O–H groups in total. The Bertz CT molecular complexity index is 487. The number of aryl methyl sites for hydroxylation is 1. The molecule has 6 heteroatoms. The molecule has 104 valence electrons. The summed E-state index contributed by atoms with van der Waals surface area (Å²) in [6.45, 7) is 1.51. The minimum absolute atomic E-state index is 0.301. The van der Waals surface area contributed by atoms with Crippen LogP contribution in [0.5, 0.6) is 0 Å². The van der Waals surface area contributed by atoms with Gasteiger partial charge in [0, 0.05) is 25.6 Å². The zero-order valence-electron chi connectivity index (χ0n) is 11.1. The second-order valence-corrected chi connectivity index (χ2v) is 5.48. The van der Waals surface area contributed by atoms with Gasteiger partial charge >= 0.3 is 0 Å². The highest BCUT2D eigenvalue weighted by molar-refractivity contribution is 5.98. The number of hydrogen-bond donors (Lipinski definition) is 2. The molecule has 2 aliphatic rings. The Labute approximate surface area is 111 Å². The summed E-state index contributed by atoms with van der Waals surface area (Å²) in [6, 6.07) is 1.88. The number of anilines is 1. The summed E-state index contributed by atoms with van der Waals surface area (Å²) >= 11 is 0. The molecule has 1 atom stereocenters. The van der Waals surface area contributed by atoms with Crippen molar-refractivity contribution < 1.29 is 14.6 Å². The summed E-state index contributed by atoms with van der Waals surface area (Å²) < 4.78 is 7.10. The summed E-state index contributed by atoms with van der Waals surface area (Å²) in [5.41, 5.74) is -0.210. The van der Waals surface area contributed by atoms with Crippen LogP contribution >= 0.6 is 0 Å².